The zero-order chi connectivity index (χ0) is 13.8. The van der Waals surface area contributed by atoms with Crippen molar-refractivity contribution in [1.29, 1.82) is 0 Å². The zero-order valence-corrected chi connectivity index (χ0v) is 10.8. The molecule has 0 aliphatic carbocycles. The van der Waals surface area contributed by atoms with E-state index in [1.807, 2.05) is 0 Å². The van der Waals surface area contributed by atoms with Crippen molar-refractivity contribution in [3.8, 4) is 5.75 Å². The van der Waals surface area contributed by atoms with Crippen LogP contribution in [0.5, 0.6) is 5.75 Å². The molecule has 0 atom stereocenters. The van der Waals surface area contributed by atoms with Crippen molar-refractivity contribution >= 4 is 28.0 Å². The van der Waals surface area contributed by atoms with E-state index in [1.165, 1.54) is 17.6 Å². The molecule has 1 heterocycles. The minimum Gasteiger partial charge on any atom is -0.491 e. The van der Waals surface area contributed by atoms with Crippen LogP contribution in [-0.2, 0) is 0 Å². The van der Waals surface area contributed by atoms with Crippen molar-refractivity contribution in [3.63, 3.8) is 0 Å². The Bertz CT molecular complexity index is 600. The Balaban J connectivity index is 2.21. The second-order valence-corrected chi connectivity index (χ2v) is 4.39. The van der Waals surface area contributed by atoms with Crippen molar-refractivity contribution in [2.75, 3.05) is 11.9 Å². The van der Waals surface area contributed by atoms with E-state index in [-0.39, 0.29) is 11.4 Å². The molecule has 0 spiro atoms. The average molecular weight is 282 g/mol. The lowest BCUT2D eigenvalue weighted by Gasteiger charge is -2.08. The number of aromatic nitrogens is 1. The topological polar surface area (TPSA) is 71.5 Å². The number of rotatable bonds is 5. The predicted octanol–water partition coefficient (Wildman–Crippen LogP) is 3.12. The molecule has 2 aromatic rings. The highest BCUT2D eigenvalue weighted by Crippen LogP contribution is 2.27. The number of carboxylic acid groups (broad SMARTS) is 1. The van der Waals surface area contributed by atoms with Crippen molar-refractivity contribution in [2.45, 2.75) is 6.92 Å². The highest BCUT2D eigenvalue weighted by Gasteiger charge is 2.14. The first-order chi connectivity index (χ1) is 9.11. The van der Waals surface area contributed by atoms with Gasteiger partial charge in [0.2, 0.25) is 0 Å². The van der Waals surface area contributed by atoms with Gasteiger partial charge in [-0.1, -0.05) is 0 Å². The summed E-state index contributed by atoms with van der Waals surface area (Å²) < 4.78 is 18.7. The molecule has 0 fully saturated rings. The molecule has 100 valence electrons. The molecule has 0 bridgehead atoms. The fraction of sp³-hybridized carbons (Fsp3) is 0.167. The van der Waals surface area contributed by atoms with Crippen molar-refractivity contribution in [3.05, 3.63) is 35.2 Å². The molecule has 1 aromatic heterocycles. The summed E-state index contributed by atoms with van der Waals surface area (Å²) >= 11 is 1.14. The molecular weight excluding hydrogens is 271 g/mol. The number of ether oxygens (including phenoxy) is 1. The van der Waals surface area contributed by atoms with E-state index in [0.29, 0.717) is 17.3 Å². The number of hydrogen-bond acceptors (Lipinski definition) is 5. The predicted molar refractivity (Wildman–Crippen MR) is 69.9 cm³/mol. The van der Waals surface area contributed by atoms with Crippen molar-refractivity contribution < 1.29 is 19.0 Å². The summed E-state index contributed by atoms with van der Waals surface area (Å²) in [4.78, 5) is 14.6. The largest absolute Gasteiger partial charge is 0.491 e. The first-order valence-corrected chi connectivity index (χ1v) is 6.36. The highest BCUT2D eigenvalue weighted by molar-refractivity contribution is 7.14. The Morgan fingerprint density at radius 1 is 1.58 bits per heavy atom. The molecule has 2 N–H and O–H groups in total. The number of nitrogens with zero attached hydrogens (tertiary/aromatic N) is 1. The maximum Gasteiger partial charge on any atom is 0.357 e. The maximum atomic E-state index is 13.6. The highest BCUT2D eigenvalue weighted by atomic mass is 32.1. The van der Waals surface area contributed by atoms with Gasteiger partial charge >= 0.3 is 5.97 Å². The number of nitrogens with one attached hydrogen (secondary N) is 1. The Kier molecular flexibility index (Phi) is 3.96. The van der Waals surface area contributed by atoms with Crippen molar-refractivity contribution in [2.24, 2.45) is 0 Å². The lowest BCUT2D eigenvalue weighted by atomic mass is 10.3. The van der Waals surface area contributed by atoms with Gasteiger partial charge in [0.1, 0.15) is 5.00 Å². The number of carbonyl (C=O) groups is 1. The second-order valence-electron chi connectivity index (χ2n) is 3.54. The molecule has 0 amide bonds. The van der Waals surface area contributed by atoms with Gasteiger partial charge in [0.15, 0.2) is 17.3 Å². The number of aromatic carboxylic acids is 1. The maximum absolute atomic E-state index is 13.6. The third kappa shape index (κ3) is 3.00. The van der Waals surface area contributed by atoms with E-state index < -0.39 is 11.8 Å². The molecule has 0 saturated carbocycles. The Labute approximate surface area is 112 Å². The third-order valence-corrected chi connectivity index (χ3v) is 3.00. The van der Waals surface area contributed by atoms with Gasteiger partial charge in [-0.05, 0) is 19.1 Å². The van der Waals surface area contributed by atoms with E-state index in [4.69, 9.17) is 9.84 Å². The molecule has 2 rings (SSSR count). The zero-order valence-electron chi connectivity index (χ0n) is 10.0. The van der Waals surface area contributed by atoms with Crippen LogP contribution < -0.4 is 10.1 Å². The molecular formula is C12H11FN2O3S. The molecule has 1 aromatic carbocycles. The molecule has 0 unspecified atom stereocenters. The molecule has 5 nitrogen and oxygen atoms in total. The molecule has 0 radical (unpaired) electrons. The smallest absolute Gasteiger partial charge is 0.357 e. The quantitative estimate of drug-likeness (QED) is 0.881. The molecule has 0 aliphatic heterocycles. The standard InChI is InChI=1S/C12H11FN2O3S/c1-2-18-9-4-3-7(5-8(9)13)15-11-10(12(16)17)14-6-19-11/h3-6,15H,2H2,1H3,(H,16,17). The summed E-state index contributed by atoms with van der Waals surface area (Å²) in [5.41, 5.74) is 1.77. The van der Waals surface area contributed by atoms with Gasteiger partial charge in [-0.3, -0.25) is 0 Å². The molecule has 7 heteroatoms. The van der Waals surface area contributed by atoms with Gasteiger partial charge in [0, 0.05) is 11.8 Å². The second kappa shape index (κ2) is 5.66. The van der Waals surface area contributed by atoms with Crippen molar-refractivity contribution in [1.82, 2.24) is 4.98 Å². The summed E-state index contributed by atoms with van der Waals surface area (Å²) in [7, 11) is 0. The third-order valence-electron chi connectivity index (χ3n) is 2.26. The van der Waals surface area contributed by atoms with Gasteiger partial charge < -0.3 is 15.2 Å². The summed E-state index contributed by atoms with van der Waals surface area (Å²) in [6, 6.07) is 4.35. The molecule has 19 heavy (non-hydrogen) atoms. The average Bonchev–Trinajstić information content (AvgIpc) is 2.81. The normalized spacial score (nSPS) is 10.2. The number of halogens is 1. The number of thiazole rings is 1. The fourth-order valence-electron chi connectivity index (χ4n) is 1.47. The molecule has 0 saturated heterocycles. The van der Waals surface area contributed by atoms with E-state index in [9.17, 15) is 9.18 Å². The Morgan fingerprint density at radius 2 is 2.37 bits per heavy atom. The van der Waals surface area contributed by atoms with Gasteiger partial charge in [0.25, 0.3) is 0 Å². The van der Waals surface area contributed by atoms with Crippen LogP contribution in [0.1, 0.15) is 17.4 Å². The van der Waals surface area contributed by atoms with Crippen LogP contribution >= 0.6 is 11.3 Å². The summed E-state index contributed by atoms with van der Waals surface area (Å²) in [6.07, 6.45) is 0. The van der Waals surface area contributed by atoms with Crippen LogP contribution in [0, 0.1) is 5.82 Å². The monoisotopic (exact) mass is 282 g/mol. The van der Waals surface area contributed by atoms with Gasteiger partial charge in [-0.15, -0.1) is 11.3 Å². The minimum atomic E-state index is -1.13. The lowest BCUT2D eigenvalue weighted by molar-refractivity contribution is 0.0692. The van der Waals surface area contributed by atoms with Crippen LogP contribution in [0.15, 0.2) is 23.7 Å². The van der Waals surface area contributed by atoms with E-state index >= 15 is 0 Å². The van der Waals surface area contributed by atoms with E-state index in [0.717, 1.165) is 11.3 Å². The van der Waals surface area contributed by atoms with Gasteiger partial charge in [-0.2, -0.15) is 0 Å². The van der Waals surface area contributed by atoms with Gasteiger partial charge in [-0.25, -0.2) is 14.2 Å². The fourth-order valence-corrected chi connectivity index (χ4v) is 2.16. The van der Waals surface area contributed by atoms with Gasteiger partial charge in [0.05, 0.1) is 12.1 Å². The Hall–Kier alpha value is -2.15. The first-order valence-electron chi connectivity index (χ1n) is 5.48. The lowest BCUT2D eigenvalue weighted by Crippen LogP contribution is -2.01. The van der Waals surface area contributed by atoms with E-state index in [2.05, 4.69) is 10.3 Å². The number of benzene rings is 1. The first kappa shape index (κ1) is 13.3. The Morgan fingerprint density at radius 3 is 3.00 bits per heavy atom. The van der Waals surface area contributed by atoms with Crippen LogP contribution in [0.3, 0.4) is 0 Å². The number of carboxylic acids is 1. The minimum absolute atomic E-state index is 0.0840. The summed E-state index contributed by atoms with van der Waals surface area (Å²) in [5, 5.41) is 12.1. The summed E-state index contributed by atoms with van der Waals surface area (Å²) in [6.45, 7) is 2.14. The molecule has 0 aliphatic rings. The number of hydrogen-bond donors (Lipinski definition) is 2. The van der Waals surface area contributed by atoms with E-state index in [1.54, 1.807) is 13.0 Å². The van der Waals surface area contributed by atoms with Crippen LogP contribution in [0.2, 0.25) is 0 Å². The van der Waals surface area contributed by atoms with Crippen LogP contribution in [0.25, 0.3) is 0 Å². The summed E-state index contributed by atoms with van der Waals surface area (Å²) in [5.74, 6) is -1.47. The number of anilines is 2. The van der Waals surface area contributed by atoms with Crippen LogP contribution in [0.4, 0.5) is 15.1 Å². The SMILES string of the molecule is CCOc1ccc(Nc2scnc2C(=O)O)cc1F. The van der Waals surface area contributed by atoms with Crippen LogP contribution in [-0.4, -0.2) is 22.7 Å².